The van der Waals surface area contributed by atoms with E-state index in [1.54, 1.807) is 27.7 Å². The standard InChI is InChI=1S/C5H10O2.C4H6O3.C4H8O3/c1-3-5(6)7-4-2;1-3-2-6-4(5)7-3;1-3-7-4(5)6-2/h3-4H2,1-2H3;3H,2H2,1H3;3H2,1-2H3. The molecule has 1 unspecified atom stereocenters. The van der Waals surface area contributed by atoms with Gasteiger partial charge < -0.3 is 23.7 Å². The number of hydrogen-bond donors (Lipinski definition) is 0. The van der Waals surface area contributed by atoms with Gasteiger partial charge in [-0.25, -0.2) is 9.59 Å². The molecule has 0 aromatic carbocycles. The first-order valence-electron chi connectivity index (χ1n) is 6.60. The lowest BCUT2D eigenvalue weighted by Gasteiger charge is -1.94. The van der Waals surface area contributed by atoms with Crippen molar-refractivity contribution in [2.45, 2.75) is 40.2 Å². The number of methoxy groups -OCH3 is 1. The fourth-order valence-electron chi connectivity index (χ4n) is 0.858. The van der Waals surface area contributed by atoms with E-state index in [0.717, 1.165) is 0 Å². The van der Waals surface area contributed by atoms with Crippen LogP contribution in [0.5, 0.6) is 0 Å². The second kappa shape index (κ2) is 14.4. The van der Waals surface area contributed by atoms with Crippen LogP contribution in [0.4, 0.5) is 9.59 Å². The lowest BCUT2D eigenvalue weighted by molar-refractivity contribution is -0.142. The molecule has 1 aliphatic heterocycles. The van der Waals surface area contributed by atoms with Crippen molar-refractivity contribution in [2.24, 2.45) is 0 Å². The highest BCUT2D eigenvalue weighted by molar-refractivity contribution is 5.68. The topological polar surface area (TPSA) is 97.4 Å². The lowest BCUT2D eigenvalue weighted by Crippen LogP contribution is -2.02. The van der Waals surface area contributed by atoms with E-state index in [1.165, 1.54) is 7.11 Å². The number of carbonyl (C=O) groups is 3. The fraction of sp³-hybridized carbons (Fsp3) is 0.769. The summed E-state index contributed by atoms with van der Waals surface area (Å²) in [5.41, 5.74) is 0. The van der Waals surface area contributed by atoms with Gasteiger partial charge in [0.25, 0.3) is 0 Å². The van der Waals surface area contributed by atoms with Crippen LogP contribution in [0, 0.1) is 0 Å². The number of cyclic esters (lactones) is 2. The van der Waals surface area contributed by atoms with Crippen LogP contribution < -0.4 is 0 Å². The summed E-state index contributed by atoms with van der Waals surface area (Å²) in [7, 11) is 1.28. The van der Waals surface area contributed by atoms with Crippen molar-refractivity contribution in [3.8, 4) is 0 Å². The molecule has 124 valence electrons. The number of esters is 1. The van der Waals surface area contributed by atoms with Gasteiger partial charge >= 0.3 is 18.3 Å². The molecule has 0 aromatic heterocycles. The molecular weight excluding hydrogens is 284 g/mol. The van der Waals surface area contributed by atoms with Gasteiger partial charge in [0, 0.05) is 6.42 Å². The van der Waals surface area contributed by atoms with Crippen molar-refractivity contribution >= 4 is 18.3 Å². The van der Waals surface area contributed by atoms with Crippen molar-refractivity contribution < 1.29 is 38.1 Å². The van der Waals surface area contributed by atoms with Crippen LogP contribution in [0.1, 0.15) is 34.1 Å². The molecule has 1 atom stereocenters. The summed E-state index contributed by atoms with van der Waals surface area (Å²) in [5, 5.41) is 0. The van der Waals surface area contributed by atoms with E-state index in [4.69, 9.17) is 0 Å². The summed E-state index contributed by atoms with van der Waals surface area (Å²) in [6.07, 6.45) is -0.740. The van der Waals surface area contributed by atoms with Crippen LogP contribution in [-0.2, 0) is 28.5 Å². The summed E-state index contributed by atoms with van der Waals surface area (Å²) in [6, 6.07) is 0. The molecule has 1 fully saturated rings. The first kappa shape index (κ1) is 21.3. The zero-order chi connectivity index (χ0) is 16.7. The molecule has 0 aromatic rings. The fourth-order valence-corrected chi connectivity index (χ4v) is 0.858. The number of carbonyl (C=O) groups excluding carboxylic acids is 3. The van der Waals surface area contributed by atoms with Crippen molar-refractivity contribution in [2.75, 3.05) is 26.9 Å². The first-order valence-corrected chi connectivity index (χ1v) is 6.60. The smallest absolute Gasteiger partial charge is 0.466 e. The Morgan fingerprint density at radius 3 is 1.90 bits per heavy atom. The van der Waals surface area contributed by atoms with Crippen LogP contribution in [-0.4, -0.2) is 51.3 Å². The quantitative estimate of drug-likeness (QED) is 0.578. The van der Waals surface area contributed by atoms with Crippen LogP contribution in [0.25, 0.3) is 0 Å². The molecule has 1 aliphatic rings. The minimum absolute atomic E-state index is 0.0486. The second-order valence-electron chi connectivity index (χ2n) is 3.54. The van der Waals surface area contributed by atoms with Gasteiger partial charge in [0.2, 0.25) is 0 Å². The van der Waals surface area contributed by atoms with Crippen molar-refractivity contribution in [3.05, 3.63) is 0 Å². The maximum Gasteiger partial charge on any atom is 0.508 e. The number of ether oxygens (including phenoxy) is 5. The maximum absolute atomic E-state index is 10.2. The van der Waals surface area contributed by atoms with E-state index in [0.29, 0.717) is 26.2 Å². The highest BCUT2D eigenvalue weighted by atomic mass is 16.8. The average Bonchev–Trinajstić information content (AvgIpc) is 2.84. The van der Waals surface area contributed by atoms with E-state index in [9.17, 15) is 14.4 Å². The van der Waals surface area contributed by atoms with Gasteiger partial charge in [0.05, 0.1) is 20.3 Å². The Labute approximate surface area is 124 Å². The number of hydrogen-bond acceptors (Lipinski definition) is 8. The third-order valence-corrected chi connectivity index (χ3v) is 1.76. The largest absolute Gasteiger partial charge is 0.508 e. The van der Waals surface area contributed by atoms with E-state index in [2.05, 4.69) is 23.7 Å². The predicted octanol–water partition coefficient (Wildman–Crippen LogP) is 2.29. The Kier molecular flexibility index (Phi) is 14.6. The van der Waals surface area contributed by atoms with Crippen molar-refractivity contribution in [1.82, 2.24) is 0 Å². The molecule has 8 heteroatoms. The highest BCUT2D eigenvalue weighted by Gasteiger charge is 2.19. The normalized spacial score (nSPS) is 15.1. The molecule has 1 saturated heterocycles. The molecule has 0 aliphatic carbocycles. The Bertz CT molecular complexity index is 276. The summed E-state index contributed by atoms with van der Waals surface area (Å²) < 4.78 is 21.9. The minimum Gasteiger partial charge on any atom is -0.466 e. The monoisotopic (exact) mass is 308 g/mol. The first-order chi connectivity index (χ1) is 9.90. The van der Waals surface area contributed by atoms with Gasteiger partial charge in [-0.1, -0.05) is 6.92 Å². The zero-order valence-corrected chi connectivity index (χ0v) is 13.2. The molecule has 0 radical (unpaired) electrons. The maximum atomic E-state index is 10.2. The highest BCUT2D eigenvalue weighted by Crippen LogP contribution is 2.02. The Morgan fingerprint density at radius 1 is 1.19 bits per heavy atom. The van der Waals surface area contributed by atoms with Gasteiger partial charge in [-0.05, 0) is 20.8 Å². The molecular formula is C13H24O8. The molecule has 0 bridgehead atoms. The van der Waals surface area contributed by atoms with Crippen LogP contribution in [0.2, 0.25) is 0 Å². The Morgan fingerprint density at radius 2 is 1.76 bits per heavy atom. The SMILES string of the molecule is CC1COC(=O)O1.CCOC(=O)CC.CCOC(=O)OC. The van der Waals surface area contributed by atoms with Gasteiger partial charge in [0.15, 0.2) is 0 Å². The molecule has 8 nitrogen and oxygen atoms in total. The van der Waals surface area contributed by atoms with Gasteiger partial charge in [-0.15, -0.1) is 0 Å². The third kappa shape index (κ3) is 16.0. The molecule has 21 heavy (non-hydrogen) atoms. The van der Waals surface area contributed by atoms with Gasteiger partial charge in [-0.2, -0.15) is 0 Å². The predicted molar refractivity (Wildman–Crippen MR) is 72.9 cm³/mol. The Hall–Kier alpha value is -1.99. The van der Waals surface area contributed by atoms with Crippen molar-refractivity contribution in [3.63, 3.8) is 0 Å². The van der Waals surface area contributed by atoms with E-state index < -0.39 is 12.3 Å². The minimum atomic E-state index is -0.623. The molecule has 0 spiro atoms. The lowest BCUT2D eigenvalue weighted by atomic mass is 10.5. The summed E-state index contributed by atoms with van der Waals surface area (Å²) in [6.45, 7) is 8.34. The van der Waals surface area contributed by atoms with E-state index in [1.807, 2.05) is 0 Å². The second-order valence-corrected chi connectivity index (χ2v) is 3.54. The summed E-state index contributed by atoms with van der Waals surface area (Å²) in [4.78, 5) is 30.2. The summed E-state index contributed by atoms with van der Waals surface area (Å²) >= 11 is 0. The van der Waals surface area contributed by atoms with E-state index in [-0.39, 0.29) is 12.1 Å². The van der Waals surface area contributed by atoms with Gasteiger partial charge in [0.1, 0.15) is 12.7 Å². The summed E-state index contributed by atoms with van der Waals surface area (Å²) in [5.74, 6) is -0.123. The molecule has 1 heterocycles. The third-order valence-electron chi connectivity index (χ3n) is 1.76. The molecule has 0 saturated carbocycles. The van der Waals surface area contributed by atoms with E-state index >= 15 is 0 Å². The van der Waals surface area contributed by atoms with Crippen LogP contribution >= 0.6 is 0 Å². The molecule has 0 amide bonds. The number of rotatable bonds is 3. The molecule has 0 N–H and O–H groups in total. The zero-order valence-electron chi connectivity index (χ0n) is 13.2. The van der Waals surface area contributed by atoms with Crippen molar-refractivity contribution in [1.29, 1.82) is 0 Å². The molecule has 1 rings (SSSR count). The van der Waals surface area contributed by atoms with Crippen LogP contribution in [0.15, 0.2) is 0 Å². The van der Waals surface area contributed by atoms with Crippen LogP contribution in [0.3, 0.4) is 0 Å². The van der Waals surface area contributed by atoms with Gasteiger partial charge in [-0.3, -0.25) is 4.79 Å². The average molecular weight is 308 g/mol. The Balaban J connectivity index is 0.